The highest BCUT2D eigenvalue weighted by molar-refractivity contribution is 6.08. The van der Waals surface area contributed by atoms with E-state index < -0.39 is 0 Å². The molecule has 0 fully saturated rings. The summed E-state index contributed by atoms with van der Waals surface area (Å²) in [5, 5.41) is 15.3. The minimum atomic E-state index is -0.181. The minimum Gasteiger partial charge on any atom is -0.508 e. The van der Waals surface area contributed by atoms with Crippen molar-refractivity contribution in [3.63, 3.8) is 0 Å². The lowest BCUT2D eigenvalue weighted by atomic mass is 10.1. The van der Waals surface area contributed by atoms with Crippen LogP contribution in [0.15, 0.2) is 48.5 Å². The number of hydrogen-bond acceptors (Lipinski definition) is 3. The number of hydrogen-bond donors (Lipinski definition) is 3. The van der Waals surface area contributed by atoms with Crippen LogP contribution in [0.25, 0.3) is 0 Å². The SMILES string of the molecule is CC(C)Nc1ccccc1C(=O)Nc1ccc(O)cc1. The number of para-hydroxylation sites is 1. The molecule has 2 aromatic rings. The summed E-state index contributed by atoms with van der Waals surface area (Å²) >= 11 is 0. The number of phenolic OH excluding ortho intramolecular Hbond substituents is 1. The molecule has 4 heteroatoms. The van der Waals surface area contributed by atoms with E-state index in [9.17, 15) is 9.90 Å². The number of nitrogens with one attached hydrogen (secondary N) is 2. The second-order valence-electron chi connectivity index (χ2n) is 4.85. The van der Waals surface area contributed by atoms with Gasteiger partial charge in [-0.1, -0.05) is 12.1 Å². The maximum atomic E-state index is 12.3. The van der Waals surface area contributed by atoms with Gasteiger partial charge in [0.05, 0.1) is 5.56 Å². The van der Waals surface area contributed by atoms with Crippen LogP contribution in [0.5, 0.6) is 5.75 Å². The van der Waals surface area contributed by atoms with Crippen LogP contribution in [0.3, 0.4) is 0 Å². The first-order chi connectivity index (χ1) is 9.56. The van der Waals surface area contributed by atoms with E-state index in [-0.39, 0.29) is 17.7 Å². The Labute approximate surface area is 118 Å². The number of carbonyl (C=O) groups is 1. The van der Waals surface area contributed by atoms with E-state index in [0.717, 1.165) is 5.69 Å². The van der Waals surface area contributed by atoms with Crippen LogP contribution in [-0.4, -0.2) is 17.1 Å². The fourth-order valence-corrected chi connectivity index (χ4v) is 1.86. The van der Waals surface area contributed by atoms with Crippen molar-refractivity contribution in [2.45, 2.75) is 19.9 Å². The van der Waals surface area contributed by atoms with Gasteiger partial charge in [-0.25, -0.2) is 0 Å². The molecule has 0 heterocycles. The third kappa shape index (κ3) is 3.51. The molecule has 104 valence electrons. The Hall–Kier alpha value is -2.49. The molecule has 0 saturated heterocycles. The second kappa shape index (κ2) is 6.10. The molecule has 20 heavy (non-hydrogen) atoms. The van der Waals surface area contributed by atoms with Crippen molar-refractivity contribution in [3.8, 4) is 5.75 Å². The Morgan fingerprint density at radius 1 is 1.05 bits per heavy atom. The summed E-state index contributed by atoms with van der Waals surface area (Å²) in [6.45, 7) is 4.04. The molecule has 2 rings (SSSR count). The maximum Gasteiger partial charge on any atom is 0.257 e. The van der Waals surface area contributed by atoms with Gasteiger partial charge in [-0.15, -0.1) is 0 Å². The Bertz CT molecular complexity index is 592. The summed E-state index contributed by atoms with van der Waals surface area (Å²) in [6, 6.07) is 14.0. The fraction of sp³-hybridized carbons (Fsp3) is 0.188. The monoisotopic (exact) mass is 270 g/mol. The average molecular weight is 270 g/mol. The van der Waals surface area contributed by atoms with Crippen LogP contribution in [0, 0.1) is 0 Å². The van der Waals surface area contributed by atoms with Crippen molar-refractivity contribution in [1.82, 2.24) is 0 Å². The summed E-state index contributed by atoms with van der Waals surface area (Å²) < 4.78 is 0. The van der Waals surface area contributed by atoms with Gasteiger partial charge in [0.1, 0.15) is 5.75 Å². The first-order valence-corrected chi connectivity index (χ1v) is 6.52. The first-order valence-electron chi connectivity index (χ1n) is 6.52. The average Bonchev–Trinajstić information content (AvgIpc) is 2.41. The van der Waals surface area contributed by atoms with Crippen molar-refractivity contribution < 1.29 is 9.90 Å². The summed E-state index contributed by atoms with van der Waals surface area (Å²) in [5.74, 6) is -0.00990. The van der Waals surface area contributed by atoms with Gasteiger partial charge in [-0.3, -0.25) is 4.79 Å². The first kappa shape index (κ1) is 13.9. The molecule has 1 amide bonds. The molecule has 0 aliphatic heterocycles. The van der Waals surface area contributed by atoms with Crippen LogP contribution in [0.4, 0.5) is 11.4 Å². The minimum absolute atomic E-state index is 0.171. The molecule has 0 atom stereocenters. The van der Waals surface area contributed by atoms with E-state index >= 15 is 0 Å². The zero-order valence-corrected chi connectivity index (χ0v) is 11.6. The van der Waals surface area contributed by atoms with Gasteiger partial charge in [0, 0.05) is 17.4 Å². The number of rotatable bonds is 4. The molecule has 0 spiro atoms. The zero-order chi connectivity index (χ0) is 14.5. The van der Waals surface area contributed by atoms with Gasteiger partial charge in [0.15, 0.2) is 0 Å². The van der Waals surface area contributed by atoms with E-state index in [2.05, 4.69) is 10.6 Å². The van der Waals surface area contributed by atoms with E-state index in [4.69, 9.17) is 0 Å². The van der Waals surface area contributed by atoms with Crippen LogP contribution >= 0.6 is 0 Å². The second-order valence-corrected chi connectivity index (χ2v) is 4.85. The van der Waals surface area contributed by atoms with Gasteiger partial charge in [0.25, 0.3) is 5.91 Å². The van der Waals surface area contributed by atoms with Gasteiger partial charge in [0.2, 0.25) is 0 Å². The number of phenols is 1. The molecular formula is C16H18N2O2. The van der Waals surface area contributed by atoms with Crippen molar-refractivity contribution in [2.75, 3.05) is 10.6 Å². The van der Waals surface area contributed by atoms with E-state index in [1.54, 1.807) is 18.2 Å². The lowest BCUT2D eigenvalue weighted by molar-refractivity contribution is 0.102. The molecule has 4 nitrogen and oxygen atoms in total. The summed E-state index contributed by atoms with van der Waals surface area (Å²) in [6.07, 6.45) is 0. The van der Waals surface area contributed by atoms with Gasteiger partial charge >= 0.3 is 0 Å². The predicted octanol–water partition coefficient (Wildman–Crippen LogP) is 3.46. The number of aromatic hydroxyl groups is 1. The summed E-state index contributed by atoms with van der Waals surface area (Å²) in [7, 11) is 0. The number of amides is 1. The van der Waals surface area contributed by atoms with Crippen molar-refractivity contribution in [2.24, 2.45) is 0 Å². The molecule has 3 N–H and O–H groups in total. The van der Waals surface area contributed by atoms with Gasteiger partial charge < -0.3 is 15.7 Å². The topological polar surface area (TPSA) is 61.4 Å². The number of carbonyl (C=O) groups excluding carboxylic acids is 1. The highest BCUT2D eigenvalue weighted by Crippen LogP contribution is 2.19. The Kier molecular flexibility index (Phi) is 4.25. The molecule has 0 saturated carbocycles. The predicted molar refractivity (Wildman–Crippen MR) is 81.3 cm³/mol. The maximum absolute atomic E-state index is 12.3. The number of benzene rings is 2. The highest BCUT2D eigenvalue weighted by atomic mass is 16.3. The molecule has 0 aliphatic rings. The normalized spacial score (nSPS) is 10.3. The summed E-state index contributed by atoms with van der Waals surface area (Å²) in [4.78, 5) is 12.3. The van der Waals surface area contributed by atoms with Crippen LogP contribution in [-0.2, 0) is 0 Å². The molecule has 0 unspecified atom stereocenters. The largest absolute Gasteiger partial charge is 0.508 e. The van der Waals surface area contributed by atoms with Gasteiger partial charge in [-0.05, 0) is 50.2 Å². The van der Waals surface area contributed by atoms with Crippen LogP contribution in [0.2, 0.25) is 0 Å². The van der Waals surface area contributed by atoms with E-state index in [1.165, 1.54) is 12.1 Å². The third-order valence-corrected chi connectivity index (χ3v) is 2.74. The molecule has 0 aromatic heterocycles. The molecular weight excluding hydrogens is 252 g/mol. The molecule has 2 aromatic carbocycles. The standard InChI is InChI=1S/C16H18N2O2/c1-11(2)17-15-6-4-3-5-14(15)16(20)18-12-7-9-13(19)10-8-12/h3-11,17,19H,1-2H3,(H,18,20). The van der Waals surface area contributed by atoms with E-state index in [1.807, 2.05) is 32.0 Å². The van der Waals surface area contributed by atoms with Gasteiger partial charge in [-0.2, -0.15) is 0 Å². The quantitative estimate of drug-likeness (QED) is 0.745. The van der Waals surface area contributed by atoms with Crippen molar-refractivity contribution in [1.29, 1.82) is 0 Å². The highest BCUT2D eigenvalue weighted by Gasteiger charge is 2.11. The van der Waals surface area contributed by atoms with Crippen LogP contribution < -0.4 is 10.6 Å². The number of anilines is 2. The lowest BCUT2D eigenvalue weighted by Crippen LogP contribution is -2.17. The molecule has 0 bridgehead atoms. The van der Waals surface area contributed by atoms with Crippen molar-refractivity contribution in [3.05, 3.63) is 54.1 Å². The Morgan fingerprint density at radius 3 is 2.35 bits per heavy atom. The lowest BCUT2D eigenvalue weighted by Gasteiger charge is -2.14. The fourth-order valence-electron chi connectivity index (χ4n) is 1.86. The Morgan fingerprint density at radius 2 is 1.70 bits per heavy atom. The smallest absolute Gasteiger partial charge is 0.257 e. The zero-order valence-electron chi connectivity index (χ0n) is 11.6. The Balaban J connectivity index is 2.18. The summed E-state index contributed by atoms with van der Waals surface area (Å²) in [5.41, 5.74) is 2.04. The van der Waals surface area contributed by atoms with E-state index in [0.29, 0.717) is 11.3 Å². The molecule has 0 radical (unpaired) electrons. The molecule has 0 aliphatic carbocycles. The van der Waals surface area contributed by atoms with Crippen LogP contribution in [0.1, 0.15) is 24.2 Å². The van der Waals surface area contributed by atoms with Crippen molar-refractivity contribution >= 4 is 17.3 Å². The third-order valence-electron chi connectivity index (χ3n) is 2.74.